The Balaban J connectivity index is 1.80. The molecule has 2 atom stereocenters. The van der Waals surface area contributed by atoms with Gasteiger partial charge in [-0.05, 0) is 49.8 Å². The molecule has 2 unspecified atom stereocenters. The highest BCUT2D eigenvalue weighted by Crippen LogP contribution is 2.27. The standard InChI is InChI=1S/C23H26FN3O3/c1-14(2)20(27-22(29)17-10-5-6-11-18(17)23(27)30)21(28)25-13-19(26(3)4)15-8-7-9-16(24)12-15/h5-12,14,19-20H,13H2,1-4H3,(H,25,28). The molecule has 0 bridgehead atoms. The molecule has 1 heterocycles. The summed E-state index contributed by atoms with van der Waals surface area (Å²) in [7, 11) is 3.68. The third-order valence-corrected chi connectivity index (χ3v) is 5.33. The Kier molecular flexibility index (Phi) is 6.31. The zero-order valence-electron chi connectivity index (χ0n) is 17.6. The molecule has 0 saturated heterocycles. The number of imide groups is 1. The molecule has 0 spiro atoms. The van der Waals surface area contributed by atoms with E-state index in [9.17, 15) is 18.8 Å². The molecule has 0 radical (unpaired) electrons. The molecule has 6 nitrogen and oxygen atoms in total. The van der Waals surface area contributed by atoms with Crippen LogP contribution in [0.4, 0.5) is 4.39 Å². The summed E-state index contributed by atoms with van der Waals surface area (Å²) in [5.74, 6) is -1.96. The fraction of sp³-hybridized carbons (Fsp3) is 0.348. The molecule has 2 aromatic carbocycles. The van der Waals surface area contributed by atoms with Crippen molar-refractivity contribution < 1.29 is 18.8 Å². The maximum Gasteiger partial charge on any atom is 0.262 e. The molecule has 7 heteroatoms. The Morgan fingerprint density at radius 1 is 1.03 bits per heavy atom. The van der Waals surface area contributed by atoms with Crippen LogP contribution in [0, 0.1) is 11.7 Å². The van der Waals surface area contributed by atoms with Crippen LogP contribution in [0.25, 0.3) is 0 Å². The van der Waals surface area contributed by atoms with E-state index in [2.05, 4.69) is 5.32 Å². The van der Waals surface area contributed by atoms with Gasteiger partial charge in [0.2, 0.25) is 5.91 Å². The molecular weight excluding hydrogens is 385 g/mol. The van der Waals surface area contributed by atoms with Gasteiger partial charge in [0.25, 0.3) is 11.8 Å². The van der Waals surface area contributed by atoms with Gasteiger partial charge in [-0.1, -0.05) is 38.1 Å². The summed E-state index contributed by atoms with van der Waals surface area (Å²) in [6, 6.07) is 11.6. The number of hydrogen-bond acceptors (Lipinski definition) is 4. The molecule has 0 saturated carbocycles. The van der Waals surface area contributed by atoms with E-state index in [-0.39, 0.29) is 24.3 Å². The number of likely N-dealkylation sites (N-methyl/N-ethyl adjacent to an activating group) is 1. The lowest BCUT2D eigenvalue weighted by Crippen LogP contribution is -2.53. The molecule has 3 amide bonds. The zero-order valence-corrected chi connectivity index (χ0v) is 17.6. The molecule has 1 aliphatic rings. The van der Waals surface area contributed by atoms with Crippen molar-refractivity contribution in [2.24, 2.45) is 5.92 Å². The Morgan fingerprint density at radius 3 is 2.13 bits per heavy atom. The topological polar surface area (TPSA) is 69.7 Å². The van der Waals surface area contributed by atoms with E-state index in [1.54, 1.807) is 50.2 Å². The Morgan fingerprint density at radius 2 is 1.63 bits per heavy atom. The van der Waals surface area contributed by atoms with Gasteiger partial charge in [0.05, 0.1) is 17.2 Å². The number of rotatable bonds is 7. The maximum absolute atomic E-state index is 13.7. The molecule has 0 aliphatic carbocycles. The highest BCUT2D eigenvalue weighted by Gasteiger charge is 2.43. The first-order valence-corrected chi connectivity index (χ1v) is 9.89. The van der Waals surface area contributed by atoms with Crippen LogP contribution in [-0.2, 0) is 4.79 Å². The minimum atomic E-state index is -0.937. The average Bonchev–Trinajstić information content (AvgIpc) is 2.93. The third-order valence-electron chi connectivity index (χ3n) is 5.33. The van der Waals surface area contributed by atoms with E-state index in [4.69, 9.17) is 0 Å². The molecule has 0 aromatic heterocycles. The van der Waals surface area contributed by atoms with Crippen molar-refractivity contribution in [3.63, 3.8) is 0 Å². The van der Waals surface area contributed by atoms with Crippen LogP contribution in [0.15, 0.2) is 48.5 Å². The van der Waals surface area contributed by atoms with Crippen LogP contribution in [0.5, 0.6) is 0 Å². The number of nitrogens with one attached hydrogen (secondary N) is 1. The largest absolute Gasteiger partial charge is 0.352 e. The fourth-order valence-electron chi connectivity index (χ4n) is 3.79. The highest BCUT2D eigenvalue weighted by molar-refractivity contribution is 6.22. The first kappa shape index (κ1) is 21.6. The fourth-order valence-corrected chi connectivity index (χ4v) is 3.79. The van der Waals surface area contributed by atoms with E-state index < -0.39 is 23.8 Å². The Bertz CT molecular complexity index is 939. The molecule has 158 valence electrons. The zero-order chi connectivity index (χ0) is 22.0. The quantitative estimate of drug-likeness (QED) is 0.712. The summed E-state index contributed by atoms with van der Waals surface area (Å²) in [5, 5.41) is 2.86. The molecule has 2 aromatic rings. The lowest BCUT2D eigenvalue weighted by molar-refractivity contribution is -0.126. The summed E-state index contributed by atoms with van der Waals surface area (Å²) in [4.78, 5) is 41.7. The van der Waals surface area contributed by atoms with Crippen molar-refractivity contribution in [1.82, 2.24) is 15.1 Å². The number of fused-ring (bicyclic) bond motifs is 1. The number of hydrogen-bond donors (Lipinski definition) is 1. The van der Waals surface area contributed by atoms with Crippen molar-refractivity contribution >= 4 is 17.7 Å². The smallest absolute Gasteiger partial charge is 0.262 e. The molecule has 1 aliphatic heterocycles. The average molecular weight is 411 g/mol. The second-order valence-corrected chi connectivity index (χ2v) is 7.99. The summed E-state index contributed by atoms with van der Waals surface area (Å²) in [6.07, 6.45) is 0. The van der Waals surface area contributed by atoms with Gasteiger partial charge in [0.1, 0.15) is 11.9 Å². The maximum atomic E-state index is 13.7. The van der Waals surface area contributed by atoms with Crippen molar-refractivity contribution in [2.75, 3.05) is 20.6 Å². The highest BCUT2D eigenvalue weighted by atomic mass is 19.1. The van der Waals surface area contributed by atoms with Crippen LogP contribution >= 0.6 is 0 Å². The lowest BCUT2D eigenvalue weighted by Gasteiger charge is -2.30. The number of nitrogens with zero attached hydrogens (tertiary/aromatic N) is 2. The molecule has 3 rings (SSSR count). The van der Waals surface area contributed by atoms with Gasteiger partial charge < -0.3 is 10.2 Å². The molecular formula is C23H26FN3O3. The lowest BCUT2D eigenvalue weighted by atomic mass is 10.0. The second-order valence-electron chi connectivity index (χ2n) is 7.99. The van der Waals surface area contributed by atoms with Crippen LogP contribution in [0.3, 0.4) is 0 Å². The van der Waals surface area contributed by atoms with Crippen LogP contribution in [-0.4, -0.2) is 54.2 Å². The first-order valence-electron chi connectivity index (χ1n) is 9.89. The predicted molar refractivity (Wildman–Crippen MR) is 111 cm³/mol. The van der Waals surface area contributed by atoms with E-state index in [1.807, 2.05) is 19.0 Å². The van der Waals surface area contributed by atoms with E-state index >= 15 is 0 Å². The van der Waals surface area contributed by atoms with Crippen LogP contribution < -0.4 is 5.32 Å². The number of benzene rings is 2. The predicted octanol–water partition coefficient (Wildman–Crippen LogP) is 2.87. The van der Waals surface area contributed by atoms with Crippen LogP contribution in [0.2, 0.25) is 0 Å². The normalized spacial score (nSPS) is 15.5. The number of amides is 3. The van der Waals surface area contributed by atoms with Gasteiger partial charge in [-0.25, -0.2) is 4.39 Å². The first-order chi connectivity index (χ1) is 14.2. The Hall–Kier alpha value is -3.06. The monoisotopic (exact) mass is 411 g/mol. The molecule has 1 N–H and O–H groups in total. The van der Waals surface area contributed by atoms with E-state index in [1.165, 1.54) is 12.1 Å². The van der Waals surface area contributed by atoms with Crippen LogP contribution in [0.1, 0.15) is 46.2 Å². The summed E-state index contributed by atoms with van der Waals surface area (Å²) in [6.45, 7) is 3.80. The second kappa shape index (κ2) is 8.75. The van der Waals surface area contributed by atoms with Gasteiger partial charge in [-0.2, -0.15) is 0 Å². The van der Waals surface area contributed by atoms with Crippen molar-refractivity contribution in [1.29, 1.82) is 0 Å². The SMILES string of the molecule is CC(C)C(C(=O)NCC(c1cccc(F)c1)N(C)C)N1C(=O)c2ccccc2C1=O. The summed E-state index contributed by atoms with van der Waals surface area (Å²) >= 11 is 0. The minimum absolute atomic E-state index is 0.210. The van der Waals surface area contributed by atoms with E-state index in [0.29, 0.717) is 11.1 Å². The minimum Gasteiger partial charge on any atom is -0.352 e. The summed E-state index contributed by atoms with van der Waals surface area (Å²) < 4.78 is 13.7. The summed E-state index contributed by atoms with van der Waals surface area (Å²) in [5.41, 5.74) is 1.35. The van der Waals surface area contributed by atoms with Gasteiger partial charge >= 0.3 is 0 Å². The number of carbonyl (C=O) groups excluding carboxylic acids is 3. The molecule has 0 fully saturated rings. The van der Waals surface area contributed by atoms with Gasteiger partial charge in [-0.3, -0.25) is 19.3 Å². The van der Waals surface area contributed by atoms with Crippen molar-refractivity contribution in [3.05, 3.63) is 71.0 Å². The molecule has 30 heavy (non-hydrogen) atoms. The third kappa shape index (κ3) is 4.11. The van der Waals surface area contributed by atoms with Crippen molar-refractivity contribution in [2.45, 2.75) is 25.9 Å². The Labute approximate surface area is 175 Å². The van der Waals surface area contributed by atoms with Crippen molar-refractivity contribution in [3.8, 4) is 0 Å². The van der Waals surface area contributed by atoms with Gasteiger partial charge in [0, 0.05) is 6.54 Å². The van der Waals surface area contributed by atoms with E-state index in [0.717, 1.165) is 10.5 Å². The van der Waals surface area contributed by atoms with Gasteiger partial charge in [-0.15, -0.1) is 0 Å². The van der Waals surface area contributed by atoms with Gasteiger partial charge in [0.15, 0.2) is 0 Å². The number of halogens is 1. The number of carbonyl (C=O) groups is 3.